The highest BCUT2D eigenvalue weighted by molar-refractivity contribution is 5.95. The van der Waals surface area contributed by atoms with Gasteiger partial charge in [0.1, 0.15) is 6.10 Å². The Kier molecular flexibility index (Phi) is 4.45. The molecule has 1 spiro atoms. The standard InChI is InChI=1S/C17H24N2O3/c1-12-5-7-17(8-6-12)21-11-14(22-17)10-19-16(20)15-4-3-9-18-13(15)2/h3-4,9,12,14H,5-8,10-11H2,1-2H3,(H,19,20). The lowest BCUT2D eigenvalue weighted by molar-refractivity contribution is -0.191. The Morgan fingerprint density at radius 3 is 2.95 bits per heavy atom. The normalized spacial score (nSPS) is 31.4. The highest BCUT2D eigenvalue weighted by Crippen LogP contribution is 2.39. The van der Waals surface area contributed by atoms with E-state index in [1.54, 1.807) is 18.3 Å². The summed E-state index contributed by atoms with van der Waals surface area (Å²) in [4.78, 5) is 16.3. The Hall–Kier alpha value is -1.46. The van der Waals surface area contributed by atoms with Gasteiger partial charge < -0.3 is 14.8 Å². The van der Waals surface area contributed by atoms with Gasteiger partial charge in [-0.2, -0.15) is 0 Å². The molecule has 1 atom stereocenters. The first-order valence-electron chi connectivity index (χ1n) is 8.09. The van der Waals surface area contributed by atoms with Crippen LogP contribution in [-0.4, -0.2) is 35.9 Å². The second kappa shape index (κ2) is 6.34. The van der Waals surface area contributed by atoms with Crippen molar-refractivity contribution in [3.63, 3.8) is 0 Å². The van der Waals surface area contributed by atoms with Crippen LogP contribution in [0, 0.1) is 12.8 Å². The van der Waals surface area contributed by atoms with Crippen LogP contribution in [0.25, 0.3) is 0 Å². The topological polar surface area (TPSA) is 60.5 Å². The van der Waals surface area contributed by atoms with Crippen molar-refractivity contribution in [1.29, 1.82) is 0 Å². The Labute approximate surface area is 131 Å². The molecule has 0 aromatic carbocycles. The minimum Gasteiger partial charge on any atom is -0.349 e. The van der Waals surface area contributed by atoms with E-state index in [9.17, 15) is 4.79 Å². The van der Waals surface area contributed by atoms with Crippen molar-refractivity contribution in [2.24, 2.45) is 5.92 Å². The van der Waals surface area contributed by atoms with Gasteiger partial charge in [0, 0.05) is 31.3 Å². The maximum atomic E-state index is 12.2. The summed E-state index contributed by atoms with van der Waals surface area (Å²) in [7, 11) is 0. The van der Waals surface area contributed by atoms with E-state index in [2.05, 4.69) is 17.2 Å². The summed E-state index contributed by atoms with van der Waals surface area (Å²) in [6, 6.07) is 3.56. The number of nitrogens with zero attached hydrogens (tertiary/aromatic N) is 1. The fraction of sp³-hybridized carbons (Fsp3) is 0.647. The minimum absolute atomic E-state index is 0.0608. The Morgan fingerprint density at radius 2 is 2.23 bits per heavy atom. The van der Waals surface area contributed by atoms with Crippen molar-refractivity contribution >= 4 is 5.91 Å². The van der Waals surface area contributed by atoms with E-state index in [1.165, 1.54) is 0 Å². The van der Waals surface area contributed by atoms with Crippen molar-refractivity contribution in [2.75, 3.05) is 13.2 Å². The van der Waals surface area contributed by atoms with E-state index in [1.807, 2.05) is 6.92 Å². The molecule has 1 aromatic heterocycles. The minimum atomic E-state index is -0.397. The molecule has 2 heterocycles. The van der Waals surface area contributed by atoms with Crippen LogP contribution in [0.4, 0.5) is 0 Å². The fourth-order valence-corrected chi connectivity index (χ4v) is 3.21. The van der Waals surface area contributed by atoms with E-state index in [0.717, 1.165) is 37.3 Å². The van der Waals surface area contributed by atoms with Crippen molar-refractivity contribution in [3.8, 4) is 0 Å². The van der Waals surface area contributed by atoms with Crippen molar-refractivity contribution in [3.05, 3.63) is 29.6 Å². The van der Waals surface area contributed by atoms with Crippen LogP contribution in [0.5, 0.6) is 0 Å². The van der Waals surface area contributed by atoms with Gasteiger partial charge in [-0.05, 0) is 37.8 Å². The summed E-state index contributed by atoms with van der Waals surface area (Å²) >= 11 is 0. The molecule has 1 unspecified atom stereocenters. The molecule has 5 heteroatoms. The van der Waals surface area contributed by atoms with Crippen molar-refractivity contribution in [1.82, 2.24) is 10.3 Å². The molecule has 1 N–H and O–H groups in total. The van der Waals surface area contributed by atoms with Gasteiger partial charge in [-0.25, -0.2) is 0 Å². The molecule has 1 aliphatic carbocycles. The number of hydrogen-bond acceptors (Lipinski definition) is 4. The average Bonchev–Trinajstić information content (AvgIpc) is 2.92. The van der Waals surface area contributed by atoms with Crippen LogP contribution in [0.1, 0.15) is 48.7 Å². The third kappa shape index (κ3) is 3.31. The molecule has 1 aromatic rings. The Balaban J connectivity index is 1.51. The number of ether oxygens (including phenoxy) is 2. The number of amides is 1. The average molecular weight is 304 g/mol. The first-order valence-corrected chi connectivity index (χ1v) is 8.09. The van der Waals surface area contributed by atoms with E-state index >= 15 is 0 Å². The lowest BCUT2D eigenvalue weighted by Gasteiger charge is -2.34. The van der Waals surface area contributed by atoms with Crippen LogP contribution in [0.3, 0.4) is 0 Å². The van der Waals surface area contributed by atoms with Crippen LogP contribution in [0.2, 0.25) is 0 Å². The van der Waals surface area contributed by atoms with E-state index in [4.69, 9.17) is 9.47 Å². The molecule has 3 rings (SSSR count). The number of carbonyl (C=O) groups excluding carboxylic acids is 1. The Morgan fingerprint density at radius 1 is 1.45 bits per heavy atom. The fourth-order valence-electron chi connectivity index (χ4n) is 3.21. The molecule has 1 saturated carbocycles. The highest BCUT2D eigenvalue weighted by Gasteiger charge is 2.43. The number of rotatable bonds is 3. The second-order valence-electron chi connectivity index (χ2n) is 6.49. The molecule has 2 aliphatic rings. The molecule has 2 fully saturated rings. The van der Waals surface area contributed by atoms with Crippen molar-refractivity contribution < 1.29 is 14.3 Å². The molecule has 5 nitrogen and oxygen atoms in total. The summed E-state index contributed by atoms with van der Waals surface area (Å²) in [6.45, 7) is 5.14. The SMILES string of the molecule is Cc1ncccc1C(=O)NCC1COC2(CCC(C)CC2)O1. The number of pyridine rings is 1. The predicted octanol–water partition coefficient (Wildman–Crippen LogP) is 2.44. The lowest BCUT2D eigenvalue weighted by Crippen LogP contribution is -2.38. The largest absolute Gasteiger partial charge is 0.349 e. The smallest absolute Gasteiger partial charge is 0.253 e. The lowest BCUT2D eigenvalue weighted by atomic mass is 9.86. The number of carbonyl (C=O) groups is 1. The maximum Gasteiger partial charge on any atom is 0.253 e. The summed E-state index contributed by atoms with van der Waals surface area (Å²) in [6.07, 6.45) is 5.84. The van der Waals surface area contributed by atoms with E-state index in [0.29, 0.717) is 18.7 Å². The summed E-state index contributed by atoms with van der Waals surface area (Å²) < 4.78 is 12.0. The van der Waals surface area contributed by atoms with Gasteiger partial charge in [0.25, 0.3) is 5.91 Å². The zero-order valence-electron chi connectivity index (χ0n) is 13.3. The molecule has 1 amide bonds. The molecule has 1 saturated heterocycles. The molecule has 0 bridgehead atoms. The zero-order chi connectivity index (χ0) is 15.6. The van der Waals surface area contributed by atoms with Gasteiger partial charge in [-0.15, -0.1) is 0 Å². The third-order valence-corrected chi connectivity index (χ3v) is 4.69. The van der Waals surface area contributed by atoms with Gasteiger partial charge >= 0.3 is 0 Å². The molecular formula is C17H24N2O3. The van der Waals surface area contributed by atoms with Crippen LogP contribution < -0.4 is 5.32 Å². The number of aryl methyl sites for hydroxylation is 1. The summed E-state index contributed by atoms with van der Waals surface area (Å²) in [5, 5.41) is 2.93. The van der Waals surface area contributed by atoms with Gasteiger partial charge in [0.15, 0.2) is 5.79 Å². The monoisotopic (exact) mass is 304 g/mol. The number of aromatic nitrogens is 1. The van der Waals surface area contributed by atoms with Gasteiger partial charge in [0.05, 0.1) is 12.2 Å². The summed E-state index contributed by atoms with van der Waals surface area (Å²) in [5.41, 5.74) is 1.35. The molecule has 1 aliphatic heterocycles. The van der Waals surface area contributed by atoms with E-state index < -0.39 is 5.79 Å². The van der Waals surface area contributed by atoms with Gasteiger partial charge in [-0.3, -0.25) is 9.78 Å². The highest BCUT2D eigenvalue weighted by atomic mass is 16.7. The number of hydrogen-bond donors (Lipinski definition) is 1. The van der Waals surface area contributed by atoms with Crippen LogP contribution in [0.15, 0.2) is 18.3 Å². The molecule has 22 heavy (non-hydrogen) atoms. The van der Waals surface area contributed by atoms with Gasteiger partial charge in [0.2, 0.25) is 0 Å². The molecular weight excluding hydrogens is 280 g/mol. The molecule has 0 radical (unpaired) electrons. The second-order valence-corrected chi connectivity index (χ2v) is 6.49. The van der Waals surface area contributed by atoms with E-state index in [-0.39, 0.29) is 12.0 Å². The summed E-state index contributed by atoms with van der Waals surface area (Å²) in [5.74, 6) is 0.254. The number of nitrogens with one attached hydrogen (secondary N) is 1. The third-order valence-electron chi connectivity index (χ3n) is 4.69. The van der Waals surface area contributed by atoms with Gasteiger partial charge in [-0.1, -0.05) is 6.92 Å². The maximum absolute atomic E-state index is 12.2. The predicted molar refractivity (Wildman–Crippen MR) is 82.5 cm³/mol. The van der Waals surface area contributed by atoms with Crippen LogP contribution in [-0.2, 0) is 9.47 Å². The Bertz CT molecular complexity index is 538. The quantitative estimate of drug-likeness (QED) is 0.932. The zero-order valence-corrected chi connectivity index (χ0v) is 13.3. The first-order chi connectivity index (χ1) is 10.6. The first kappa shape index (κ1) is 15.4. The van der Waals surface area contributed by atoms with Crippen molar-refractivity contribution in [2.45, 2.75) is 51.4 Å². The van der Waals surface area contributed by atoms with Crippen LogP contribution >= 0.6 is 0 Å². The molecule has 120 valence electrons.